The van der Waals surface area contributed by atoms with E-state index >= 15 is 0 Å². The molecule has 0 amide bonds. The molecular formula is C16H20ClNO2. The number of piperidine rings is 1. The quantitative estimate of drug-likeness (QED) is 0.888. The molecule has 0 spiro atoms. The van der Waals surface area contributed by atoms with Gasteiger partial charge in [0.05, 0.1) is 10.6 Å². The largest absolute Gasteiger partial charge is 0.478 e. The molecule has 1 aromatic carbocycles. The second kappa shape index (κ2) is 5.65. The van der Waals surface area contributed by atoms with E-state index in [2.05, 4.69) is 4.90 Å². The lowest BCUT2D eigenvalue weighted by molar-refractivity contribution is 0.0697. The van der Waals surface area contributed by atoms with Crippen molar-refractivity contribution >= 4 is 23.3 Å². The first-order valence-electron chi connectivity index (χ1n) is 7.46. The highest BCUT2D eigenvalue weighted by molar-refractivity contribution is 6.33. The minimum atomic E-state index is -0.962. The number of carboxylic acid groups (broad SMARTS) is 1. The molecule has 1 aromatic rings. The van der Waals surface area contributed by atoms with Crippen LogP contribution >= 0.6 is 11.6 Å². The van der Waals surface area contributed by atoms with Crippen molar-refractivity contribution in [3.05, 3.63) is 28.8 Å². The number of nitrogens with zero attached hydrogens (tertiary/aromatic N) is 1. The van der Waals surface area contributed by atoms with Crippen LogP contribution in [0.3, 0.4) is 0 Å². The lowest BCUT2D eigenvalue weighted by Crippen LogP contribution is -2.46. The molecule has 20 heavy (non-hydrogen) atoms. The minimum Gasteiger partial charge on any atom is -0.478 e. The normalized spacial score (nSPS) is 26.1. The van der Waals surface area contributed by atoms with Crippen molar-refractivity contribution in [2.24, 2.45) is 5.92 Å². The molecule has 1 saturated heterocycles. The van der Waals surface area contributed by atoms with Gasteiger partial charge in [-0.2, -0.15) is 0 Å². The number of hydrogen-bond acceptors (Lipinski definition) is 2. The number of carboxylic acids is 1. The standard InChI is InChI=1S/C16H20ClNO2/c17-14-10-12(7-8-13(14)16(19)20)18-9-3-5-11-4-1-2-6-15(11)18/h7-8,10-11,15H,1-6,9H2,(H,19,20)/t11-,15-/m1/s1. The molecule has 2 aliphatic rings. The summed E-state index contributed by atoms with van der Waals surface area (Å²) >= 11 is 6.11. The van der Waals surface area contributed by atoms with Crippen molar-refractivity contribution in [1.82, 2.24) is 0 Å². The van der Waals surface area contributed by atoms with Gasteiger partial charge in [-0.25, -0.2) is 4.79 Å². The van der Waals surface area contributed by atoms with Gasteiger partial charge in [0.25, 0.3) is 0 Å². The Bertz CT molecular complexity index is 515. The van der Waals surface area contributed by atoms with Crippen LogP contribution in [0.5, 0.6) is 0 Å². The summed E-state index contributed by atoms with van der Waals surface area (Å²) in [6.07, 6.45) is 7.80. The second-order valence-electron chi connectivity index (χ2n) is 5.92. The highest BCUT2D eigenvalue weighted by Crippen LogP contribution is 2.38. The summed E-state index contributed by atoms with van der Waals surface area (Å²) < 4.78 is 0. The van der Waals surface area contributed by atoms with Crippen LogP contribution in [-0.2, 0) is 0 Å². The molecule has 0 unspecified atom stereocenters. The summed E-state index contributed by atoms with van der Waals surface area (Å²) in [5.74, 6) is -0.161. The van der Waals surface area contributed by atoms with E-state index in [-0.39, 0.29) is 5.56 Å². The van der Waals surface area contributed by atoms with E-state index in [1.54, 1.807) is 6.07 Å². The highest BCUT2D eigenvalue weighted by Gasteiger charge is 2.33. The molecule has 0 bridgehead atoms. The Morgan fingerprint density at radius 3 is 2.70 bits per heavy atom. The van der Waals surface area contributed by atoms with Gasteiger partial charge in [-0.1, -0.05) is 24.4 Å². The Balaban J connectivity index is 1.87. The third-order valence-electron chi connectivity index (χ3n) is 4.76. The first-order valence-corrected chi connectivity index (χ1v) is 7.84. The fraction of sp³-hybridized carbons (Fsp3) is 0.562. The number of rotatable bonds is 2. The Hall–Kier alpha value is -1.22. The van der Waals surface area contributed by atoms with Gasteiger partial charge in [-0.05, 0) is 49.8 Å². The number of fused-ring (bicyclic) bond motifs is 1. The van der Waals surface area contributed by atoms with Crippen molar-refractivity contribution in [2.75, 3.05) is 11.4 Å². The Morgan fingerprint density at radius 1 is 1.20 bits per heavy atom. The van der Waals surface area contributed by atoms with E-state index < -0.39 is 5.97 Å². The molecule has 0 aromatic heterocycles. The van der Waals surface area contributed by atoms with Gasteiger partial charge in [-0.3, -0.25) is 0 Å². The average Bonchev–Trinajstić information content (AvgIpc) is 2.46. The Morgan fingerprint density at radius 2 is 1.95 bits per heavy atom. The van der Waals surface area contributed by atoms with Crippen molar-refractivity contribution in [2.45, 2.75) is 44.6 Å². The van der Waals surface area contributed by atoms with Gasteiger partial charge >= 0.3 is 5.97 Å². The minimum absolute atomic E-state index is 0.188. The van der Waals surface area contributed by atoms with Crippen LogP contribution in [0.25, 0.3) is 0 Å². The van der Waals surface area contributed by atoms with Crippen LogP contribution in [0, 0.1) is 5.92 Å². The maximum Gasteiger partial charge on any atom is 0.337 e. The highest BCUT2D eigenvalue weighted by atomic mass is 35.5. The topological polar surface area (TPSA) is 40.5 Å². The molecule has 1 aliphatic heterocycles. The molecule has 1 N–H and O–H groups in total. The number of anilines is 1. The molecule has 3 rings (SSSR count). The summed E-state index contributed by atoms with van der Waals surface area (Å²) in [4.78, 5) is 13.5. The van der Waals surface area contributed by atoms with E-state index in [1.165, 1.54) is 38.5 Å². The summed E-state index contributed by atoms with van der Waals surface area (Å²) in [5, 5.41) is 9.40. The third kappa shape index (κ3) is 2.51. The van der Waals surface area contributed by atoms with Gasteiger partial charge in [0.15, 0.2) is 0 Å². The van der Waals surface area contributed by atoms with Crippen molar-refractivity contribution in [1.29, 1.82) is 0 Å². The Kier molecular flexibility index (Phi) is 3.88. The van der Waals surface area contributed by atoms with Gasteiger partial charge in [0.1, 0.15) is 0 Å². The third-order valence-corrected chi connectivity index (χ3v) is 5.07. The van der Waals surface area contributed by atoms with Crippen LogP contribution in [0.2, 0.25) is 5.02 Å². The predicted octanol–water partition coefficient (Wildman–Crippen LogP) is 4.20. The number of halogens is 1. The number of carbonyl (C=O) groups is 1. The summed E-state index contributed by atoms with van der Waals surface area (Å²) in [5.41, 5.74) is 1.27. The maximum atomic E-state index is 11.0. The van der Waals surface area contributed by atoms with Gasteiger partial charge in [0, 0.05) is 18.3 Å². The van der Waals surface area contributed by atoms with Crippen LogP contribution in [0.4, 0.5) is 5.69 Å². The average molecular weight is 294 g/mol. The van der Waals surface area contributed by atoms with E-state index in [4.69, 9.17) is 16.7 Å². The molecular weight excluding hydrogens is 274 g/mol. The van der Waals surface area contributed by atoms with Gasteiger partial charge in [-0.15, -0.1) is 0 Å². The number of benzene rings is 1. The first-order chi connectivity index (χ1) is 9.66. The molecule has 3 nitrogen and oxygen atoms in total. The van der Waals surface area contributed by atoms with Crippen LogP contribution < -0.4 is 4.90 Å². The van der Waals surface area contributed by atoms with E-state index in [0.717, 1.165) is 18.2 Å². The Labute approximate surface area is 124 Å². The predicted molar refractivity (Wildman–Crippen MR) is 80.7 cm³/mol. The second-order valence-corrected chi connectivity index (χ2v) is 6.32. The molecule has 1 heterocycles. The zero-order valence-corrected chi connectivity index (χ0v) is 12.3. The van der Waals surface area contributed by atoms with E-state index in [0.29, 0.717) is 11.1 Å². The van der Waals surface area contributed by atoms with Crippen LogP contribution in [0.15, 0.2) is 18.2 Å². The van der Waals surface area contributed by atoms with Crippen molar-refractivity contribution in [3.8, 4) is 0 Å². The zero-order chi connectivity index (χ0) is 14.1. The lowest BCUT2D eigenvalue weighted by atomic mass is 9.78. The molecule has 2 atom stereocenters. The first kappa shape index (κ1) is 13.7. The molecule has 1 aliphatic carbocycles. The molecule has 0 radical (unpaired) electrons. The van der Waals surface area contributed by atoms with Crippen molar-refractivity contribution in [3.63, 3.8) is 0 Å². The summed E-state index contributed by atoms with van der Waals surface area (Å²) in [7, 11) is 0. The smallest absolute Gasteiger partial charge is 0.337 e. The van der Waals surface area contributed by atoms with Gasteiger partial charge in [0.2, 0.25) is 0 Å². The monoisotopic (exact) mass is 293 g/mol. The van der Waals surface area contributed by atoms with E-state index in [9.17, 15) is 4.79 Å². The fourth-order valence-electron chi connectivity index (χ4n) is 3.80. The number of aromatic carboxylic acids is 1. The molecule has 2 fully saturated rings. The fourth-order valence-corrected chi connectivity index (χ4v) is 4.06. The maximum absolute atomic E-state index is 11.0. The molecule has 1 saturated carbocycles. The summed E-state index contributed by atoms with van der Waals surface area (Å²) in [6, 6.07) is 5.98. The van der Waals surface area contributed by atoms with E-state index in [1.807, 2.05) is 12.1 Å². The lowest BCUT2D eigenvalue weighted by Gasteiger charge is -2.45. The zero-order valence-electron chi connectivity index (χ0n) is 11.5. The molecule has 4 heteroatoms. The SMILES string of the molecule is O=C(O)c1ccc(N2CCC[C@H]3CCCC[C@H]32)cc1Cl. The summed E-state index contributed by atoms with van der Waals surface area (Å²) in [6.45, 7) is 1.06. The van der Waals surface area contributed by atoms with Crippen LogP contribution in [0.1, 0.15) is 48.9 Å². The van der Waals surface area contributed by atoms with Crippen LogP contribution in [-0.4, -0.2) is 23.7 Å². The van der Waals surface area contributed by atoms with Crippen molar-refractivity contribution < 1.29 is 9.90 Å². The molecule has 108 valence electrons. The number of hydrogen-bond donors (Lipinski definition) is 1. The van der Waals surface area contributed by atoms with Gasteiger partial charge < -0.3 is 10.0 Å².